The Bertz CT molecular complexity index is 224. The van der Waals surface area contributed by atoms with Crippen LogP contribution in [-0.4, -0.2) is 35.2 Å². The molecule has 0 spiro atoms. The normalized spacial score (nSPS) is 15.6. The minimum absolute atomic E-state index is 0.00915. The molecule has 1 unspecified atom stereocenters. The summed E-state index contributed by atoms with van der Waals surface area (Å²) in [5, 5.41) is 15.0. The van der Waals surface area contributed by atoms with Crippen molar-refractivity contribution in [1.82, 2.24) is 10.6 Å². The number of rotatable bonds is 6. The van der Waals surface area contributed by atoms with E-state index >= 15 is 0 Å². The quantitative estimate of drug-likeness (QED) is 0.639. The summed E-state index contributed by atoms with van der Waals surface area (Å²) < 4.78 is 0. The van der Waals surface area contributed by atoms with Gasteiger partial charge in [0.05, 0.1) is 6.54 Å². The summed E-state index contributed by atoms with van der Waals surface area (Å²) in [4.78, 5) is 11.6. The molecule has 0 bridgehead atoms. The Labute approximate surface area is 98.8 Å². The van der Waals surface area contributed by atoms with E-state index in [1.165, 1.54) is 0 Å². The molecule has 96 valence electrons. The molecule has 0 radical (unpaired) electrons. The highest BCUT2D eigenvalue weighted by Crippen LogP contribution is 2.13. The molecular formula is C12H26N2O2. The molecule has 0 aliphatic rings. The SMILES string of the molecule is CCC(C)(CCO)NCC(=O)NC(C)(C)C. The Kier molecular flexibility index (Phi) is 5.97. The third kappa shape index (κ3) is 6.80. The highest BCUT2D eigenvalue weighted by atomic mass is 16.3. The summed E-state index contributed by atoms with van der Waals surface area (Å²) in [6.07, 6.45) is 1.54. The first-order valence-electron chi connectivity index (χ1n) is 5.89. The lowest BCUT2D eigenvalue weighted by atomic mass is 9.95. The number of aliphatic hydroxyl groups is 1. The molecule has 0 saturated carbocycles. The molecule has 0 fully saturated rings. The van der Waals surface area contributed by atoms with E-state index in [-0.39, 0.29) is 23.6 Å². The number of carbonyl (C=O) groups excluding carboxylic acids is 1. The van der Waals surface area contributed by atoms with Gasteiger partial charge >= 0.3 is 0 Å². The molecule has 1 atom stereocenters. The minimum Gasteiger partial charge on any atom is -0.396 e. The maximum atomic E-state index is 11.6. The van der Waals surface area contributed by atoms with Crippen LogP contribution >= 0.6 is 0 Å². The van der Waals surface area contributed by atoms with Crippen LogP contribution in [0.25, 0.3) is 0 Å². The van der Waals surface area contributed by atoms with E-state index in [4.69, 9.17) is 5.11 Å². The number of hydrogen-bond acceptors (Lipinski definition) is 3. The van der Waals surface area contributed by atoms with Gasteiger partial charge in [-0.15, -0.1) is 0 Å². The van der Waals surface area contributed by atoms with Gasteiger partial charge in [0.25, 0.3) is 0 Å². The predicted molar refractivity (Wildman–Crippen MR) is 66.3 cm³/mol. The van der Waals surface area contributed by atoms with E-state index < -0.39 is 0 Å². The highest BCUT2D eigenvalue weighted by Gasteiger charge is 2.22. The van der Waals surface area contributed by atoms with Crippen molar-refractivity contribution in [2.75, 3.05) is 13.2 Å². The molecule has 3 N–H and O–H groups in total. The van der Waals surface area contributed by atoms with E-state index in [9.17, 15) is 4.79 Å². The molecule has 4 heteroatoms. The third-order valence-corrected chi connectivity index (χ3v) is 2.63. The van der Waals surface area contributed by atoms with E-state index in [1.54, 1.807) is 0 Å². The molecule has 1 amide bonds. The van der Waals surface area contributed by atoms with Crippen molar-refractivity contribution in [2.45, 2.75) is 58.5 Å². The van der Waals surface area contributed by atoms with Gasteiger partial charge in [-0.05, 0) is 40.5 Å². The summed E-state index contributed by atoms with van der Waals surface area (Å²) >= 11 is 0. The average molecular weight is 230 g/mol. The first-order valence-corrected chi connectivity index (χ1v) is 5.89. The van der Waals surface area contributed by atoms with Gasteiger partial charge in [-0.2, -0.15) is 0 Å². The first kappa shape index (κ1) is 15.4. The second-order valence-electron chi connectivity index (χ2n) is 5.54. The zero-order chi connectivity index (χ0) is 12.8. The van der Waals surface area contributed by atoms with Crippen LogP contribution in [-0.2, 0) is 4.79 Å². The number of nitrogens with one attached hydrogen (secondary N) is 2. The summed E-state index contributed by atoms with van der Waals surface area (Å²) in [5.74, 6) is -0.00915. The lowest BCUT2D eigenvalue weighted by Gasteiger charge is -2.30. The molecule has 0 aromatic heterocycles. The second-order valence-corrected chi connectivity index (χ2v) is 5.54. The van der Waals surface area contributed by atoms with Crippen LogP contribution in [0.4, 0.5) is 0 Å². The van der Waals surface area contributed by atoms with Gasteiger partial charge in [-0.1, -0.05) is 6.92 Å². The highest BCUT2D eigenvalue weighted by molar-refractivity contribution is 5.78. The first-order chi connectivity index (χ1) is 7.22. The van der Waals surface area contributed by atoms with Crippen molar-refractivity contribution in [3.05, 3.63) is 0 Å². The van der Waals surface area contributed by atoms with Gasteiger partial charge in [0.15, 0.2) is 0 Å². The van der Waals surface area contributed by atoms with Gasteiger partial charge in [-0.25, -0.2) is 0 Å². The van der Waals surface area contributed by atoms with Gasteiger partial charge < -0.3 is 15.7 Å². The van der Waals surface area contributed by atoms with Crippen molar-refractivity contribution < 1.29 is 9.90 Å². The Morgan fingerprint density at radius 2 is 1.81 bits per heavy atom. The van der Waals surface area contributed by atoms with Crippen LogP contribution in [0, 0.1) is 0 Å². The van der Waals surface area contributed by atoms with Gasteiger partial charge in [0.2, 0.25) is 5.91 Å². The fraction of sp³-hybridized carbons (Fsp3) is 0.917. The van der Waals surface area contributed by atoms with Gasteiger partial charge in [-0.3, -0.25) is 4.79 Å². The standard InChI is InChI=1S/C12H26N2O2/c1-6-12(5,7-8-15)13-9-10(16)14-11(2,3)4/h13,15H,6-9H2,1-5H3,(H,14,16). The molecular weight excluding hydrogens is 204 g/mol. The molecule has 0 rings (SSSR count). The number of amides is 1. The molecule has 16 heavy (non-hydrogen) atoms. The zero-order valence-corrected chi connectivity index (χ0v) is 11.2. The third-order valence-electron chi connectivity index (χ3n) is 2.63. The van der Waals surface area contributed by atoms with Crippen LogP contribution in [0.3, 0.4) is 0 Å². The molecule has 4 nitrogen and oxygen atoms in total. The molecule has 0 aliphatic heterocycles. The van der Waals surface area contributed by atoms with Gasteiger partial charge in [0.1, 0.15) is 0 Å². The summed E-state index contributed by atoms with van der Waals surface area (Å²) in [5.41, 5.74) is -0.359. The molecule has 0 heterocycles. The van der Waals surface area contributed by atoms with Crippen LogP contribution in [0.1, 0.15) is 47.5 Å². The van der Waals surface area contributed by atoms with Crippen LogP contribution in [0.5, 0.6) is 0 Å². The fourth-order valence-electron chi connectivity index (χ4n) is 1.39. The monoisotopic (exact) mass is 230 g/mol. The maximum absolute atomic E-state index is 11.6. The Morgan fingerprint density at radius 3 is 2.19 bits per heavy atom. The molecule has 0 aliphatic carbocycles. The Balaban J connectivity index is 4.07. The smallest absolute Gasteiger partial charge is 0.234 e. The van der Waals surface area contributed by atoms with Crippen molar-refractivity contribution in [1.29, 1.82) is 0 Å². The van der Waals surface area contributed by atoms with Crippen molar-refractivity contribution in [3.63, 3.8) is 0 Å². The lowest BCUT2D eigenvalue weighted by molar-refractivity contribution is -0.122. The van der Waals surface area contributed by atoms with Crippen LogP contribution in [0.15, 0.2) is 0 Å². The number of carbonyl (C=O) groups is 1. The Hall–Kier alpha value is -0.610. The molecule has 0 aromatic carbocycles. The Morgan fingerprint density at radius 1 is 1.25 bits per heavy atom. The molecule has 0 saturated heterocycles. The predicted octanol–water partition coefficient (Wildman–Crippen LogP) is 1.04. The van der Waals surface area contributed by atoms with E-state index in [1.807, 2.05) is 34.6 Å². The van der Waals surface area contributed by atoms with E-state index in [2.05, 4.69) is 10.6 Å². The van der Waals surface area contributed by atoms with Crippen LogP contribution < -0.4 is 10.6 Å². The van der Waals surface area contributed by atoms with Crippen LogP contribution in [0.2, 0.25) is 0 Å². The zero-order valence-electron chi connectivity index (χ0n) is 11.2. The van der Waals surface area contributed by atoms with Crippen molar-refractivity contribution in [3.8, 4) is 0 Å². The van der Waals surface area contributed by atoms with Crippen molar-refractivity contribution >= 4 is 5.91 Å². The topological polar surface area (TPSA) is 61.4 Å². The number of aliphatic hydroxyl groups excluding tert-OH is 1. The minimum atomic E-state index is -0.196. The fourth-order valence-corrected chi connectivity index (χ4v) is 1.39. The van der Waals surface area contributed by atoms with E-state index in [0.29, 0.717) is 13.0 Å². The van der Waals surface area contributed by atoms with Crippen molar-refractivity contribution in [2.24, 2.45) is 0 Å². The number of hydrogen-bond donors (Lipinski definition) is 3. The van der Waals surface area contributed by atoms with E-state index in [0.717, 1.165) is 6.42 Å². The lowest BCUT2D eigenvalue weighted by Crippen LogP contribution is -2.50. The van der Waals surface area contributed by atoms with Gasteiger partial charge in [0, 0.05) is 17.7 Å². The average Bonchev–Trinajstić information content (AvgIpc) is 2.13. The summed E-state index contributed by atoms with van der Waals surface area (Å²) in [7, 11) is 0. The molecule has 0 aromatic rings. The maximum Gasteiger partial charge on any atom is 0.234 e. The largest absolute Gasteiger partial charge is 0.396 e. The second kappa shape index (κ2) is 6.21. The summed E-state index contributed by atoms with van der Waals surface area (Å²) in [6, 6.07) is 0. The summed E-state index contributed by atoms with van der Waals surface area (Å²) in [6.45, 7) is 10.4.